The Kier molecular flexibility index (Phi) is 45.4. The van der Waals surface area contributed by atoms with E-state index in [9.17, 15) is 24.2 Å². The van der Waals surface area contributed by atoms with E-state index >= 15 is 0 Å². The molecule has 9 nitrogen and oxygen atoms in total. The molecule has 2 unspecified atom stereocenters. The highest BCUT2D eigenvalue weighted by Crippen LogP contribution is 2.42. The Bertz CT molecular complexity index is 1180. The van der Waals surface area contributed by atoms with E-state index in [1.807, 2.05) is 0 Å². The third-order valence-corrected chi connectivity index (χ3v) is 11.4. The zero-order valence-corrected chi connectivity index (χ0v) is 40.0. The lowest BCUT2D eigenvalue weighted by Gasteiger charge is -2.15. The van der Waals surface area contributed by atoms with Gasteiger partial charge in [-0.05, 0) is 83.5 Å². The van der Waals surface area contributed by atoms with Crippen LogP contribution < -0.4 is 5.32 Å². The molecule has 0 radical (unpaired) electrons. The maximum absolute atomic E-state index is 12.1. The fourth-order valence-electron chi connectivity index (χ4n) is 6.65. The Labute approximate surface area is 374 Å². The van der Waals surface area contributed by atoms with E-state index in [0.717, 1.165) is 64.2 Å². The van der Waals surface area contributed by atoms with Gasteiger partial charge in [0, 0.05) is 19.4 Å². The van der Waals surface area contributed by atoms with Gasteiger partial charge in [0.25, 0.3) is 0 Å². The van der Waals surface area contributed by atoms with Crippen LogP contribution in [0, 0.1) is 0 Å². The van der Waals surface area contributed by atoms with Crippen molar-refractivity contribution >= 4 is 19.7 Å². The van der Waals surface area contributed by atoms with Gasteiger partial charge in [-0.3, -0.25) is 18.6 Å². The van der Waals surface area contributed by atoms with Crippen LogP contribution in [0.3, 0.4) is 0 Å². The molecule has 0 aromatic carbocycles. The molecule has 0 saturated carbocycles. The first-order chi connectivity index (χ1) is 29.8. The summed E-state index contributed by atoms with van der Waals surface area (Å²) < 4.78 is 27.0. The molecule has 0 heterocycles. The number of aliphatic hydroxyl groups is 1. The van der Waals surface area contributed by atoms with Gasteiger partial charge in [-0.1, -0.05) is 184 Å². The molecular formula is C51H92NO8P. The van der Waals surface area contributed by atoms with E-state index in [1.165, 1.54) is 128 Å². The van der Waals surface area contributed by atoms with Gasteiger partial charge in [-0.25, -0.2) is 4.57 Å². The summed E-state index contributed by atoms with van der Waals surface area (Å²) >= 11 is 0. The second-order valence-corrected chi connectivity index (χ2v) is 17.9. The molecule has 0 fully saturated rings. The van der Waals surface area contributed by atoms with Crippen LogP contribution in [0.4, 0.5) is 0 Å². The van der Waals surface area contributed by atoms with E-state index in [0.29, 0.717) is 6.42 Å². The predicted molar refractivity (Wildman–Crippen MR) is 256 cm³/mol. The number of allylic oxidation sites excluding steroid dienone is 10. The summed E-state index contributed by atoms with van der Waals surface area (Å²) in [4.78, 5) is 34.0. The highest BCUT2D eigenvalue weighted by Gasteiger charge is 2.23. The smallest absolute Gasteiger partial charge is 0.463 e. The molecule has 0 bridgehead atoms. The van der Waals surface area contributed by atoms with Gasteiger partial charge in [0.05, 0.1) is 13.2 Å². The molecule has 2 atom stereocenters. The molecule has 3 N–H and O–H groups in total. The highest BCUT2D eigenvalue weighted by atomic mass is 31.2. The SMILES string of the molecule is CCCCC/C=C\C/C=C\C/C=C\CCCCCCCCCCC(=O)NCCOP(=O)(O)OCC(O)COC(=O)CCCCCCCCCCC/C=C\C/C=C\CCCCC. The van der Waals surface area contributed by atoms with Crippen LogP contribution >= 0.6 is 7.82 Å². The number of carbonyl (C=O) groups excluding carboxylic acids is 2. The summed E-state index contributed by atoms with van der Waals surface area (Å²) in [6, 6.07) is 0. The Morgan fingerprint density at radius 1 is 0.508 bits per heavy atom. The molecule has 354 valence electrons. The maximum atomic E-state index is 12.1. The normalized spacial score (nSPS) is 13.7. The minimum absolute atomic E-state index is 0.0750. The summed E-state index contributed by atoms with van der Waals surface area (Å²) in [5.41, 5.74) is 0. The first kappa shape index (κ1) is 58.7. The number of unbranched alkanes of at least 4 members (excludes halogenated alkanes) is 23. The van der Waals surface area contributed by atoms with Crippen LogP contribution in [0.1, 0.15) is 219 Å². The zero-order chi connectivity index (χ0) is 44.6. The molecule has 0 aliphatic rings. The molecule has 61 heavy (non-hydrogen) atoms. The number of aliphatic hydroxyl groups excluding tert-OH is 1. The molecule has 10 heteroatoms. The molecule has 0 rings (SSSR count). The number of rotatable bonds is 46. The molecule has 0 aliphatic heterocycles. The monoisotopic (exact) mass is 878 g/mol. The van der Waals surface area contributed by atoms with Crippen molar-refractivity contribution in [3.63, 3.8) is 0 Å². The number of nitrogens with one attached hydrogen (secondary N) is 1. The number of carbonyl (C=O) groups is 2. The van der Waals surface area contributed by atoms with E-state index in [2.05, 4.69) is 79.9 Å². The standard InChI is InChI=1S/C51H92NO8P/c1-3-5-7-9-11-13-15-17-19-21-23-24-26-27-29-31-33-35-37-39-41-43-50(54)52-45-46-59-61(56,57)60-48-49(53)47-58-51(55)44-42-40-38-36-34-32-30-28-25-22-20-18-16-14-12-10-8-6-4-2/h11-14,17-20,23-24,49,53H,3-10,15-16,21-22,25-48H2,1-2H3,(H,52,54)(H,56,57)/b13-11-,14-12-,19-17-,20-18-,24-23-. The van der Waals surface area contributed by atoms with Gasteiger partial charge in [0.1, 0.15) is 12.7 Å². The van der Waals surface area contributed by atoms with Crippen molar-refractivity contribution in [1.82, 2.24) is 5.32 Å². The van der Waals surface area contributed by atoms with E-state index in [1.54, 1.807) is 0 Å². The summed E-state index contributed by atoms with van der Waals surface area (Å²) in [7, 11) is -4.43. The Morgan fingerprint density at radius 3 is 1.33 bits per heavy atom. The summed E-state index contributed by atoms with van der Waals surface area (Å²) in [5, 5.41) is 12.7. The molecule has 0 aliphatic carbocycles. The third-order valence-electron chi connectivity index (χ3n) is 10.4. The van der Waals surface area contributed by atoms with Gasteiger partial charge >= 0.3 is 13.8 Å². The van der Waals surface area contributed by atoms with Crippen LogP contribution in [-0.4, -0.2) is 54.3 Å². The first-order valence-electron chi connectivity index (χ1n) is 24.8. The average Bonchev–Trinajstić information content (AvgIpc) is 3.25. The molecule has 0 spiro atoms. The van der Waals surface area contributed by atoms with Gasteiger partial charge in [0.2, 0.25) is 5.91 Å². The lowest BCUT2D eigenvalue weighted by molar-refractivity contribution is -0.147. The largest absolute Gasteiger partial charge is 0.472 e. The van der Waals surface area contributed by atoms with Gasteiger partial charge in [-0.15, -0.1) is 0 Å². The number of hydrogen-bond acceptors (Lipinski definition) is 7. The Morgan fingerprint density at radius 2 is 0.885 bits per heavy atom. The van der Waals surface area contributed by atoms with E-state index in [4.69, 9.17) is 13.8 Å². The van der Waals surface area contributed by atoms with E-state index in [-0.39, 0.29) is 32.1 Å². The van der Waals surface area contributed by atoms with Gasteiger partial charge < -0.3 is 20.1 Å². The lowest BCUT2D eigenvalue weighted by atomic mass is 10.1. The number of amides is 1. The maximum Gasteiger partial charge on any atom is 0.472 e. The fraction of sp³-hybridized carbons (Fsp3) is 0.765. The predicted octanol–water partition coefficient (Wildman–Crippen LogP) is 14.4. The minimum atomic E-state index is -4.43. The second kappa shape index (κ2) is 47.2. The van der Waals surface area contributed by atoms with Crippen molar-refractivity contribution in [2.45, 2.75) is 225 Å². The van der Waals surface area contributed by atoms with Crippen LogP contribution in [0.25, 0.3) is 0 Å². The molecule has 1 amide bonds. The van der Waals surface area contributed by atoms with Crippen molar-refractivity contribution < 1.29 is 37.9 Å². The second-order valence-electron chi connectivity index (χ2n) is 16.4. The van der Waals surface area contributed by atoms with Crippen molar-refractivity contribution in [3.05, 3.63) is 60.8 Å². The summed E-state index contributed by atoms with van der Waals surface area (Å²) in [6.45, 7) is 3.50. The lowest BCUT2D eigenvalue weighted by Crippen LogP contribution is -2.27. The van der Waals surface area contributed by atoms with Crippen LogP contribution in [-0.2, 0) is 27.9 Å². The number of ether oxygens (including phenoxy) is 1. The Hall–Kier alpha value is -2.29. The van der Waals surface area contributed by atoms with Crippen LogP contribution in [0.5, 0.6) is 0 Å². The third kappa shape index (κ3) is 48.6. The van der Waals surface area contributed by atoms with Crippen molar-refractivity contribution in [2.75, 3.05) is 26.4 Å². The topological polar surface area (TPSA) is 131 Å². The van der Waals surface area contributed by atoms with Crippen molar-refractivity contribution in [2.24, 2.45) is 0 Å². The van der Waals surface area contributed by atoms with E-state index < -0.39 is 26.5 Å². The van der Waals surface area contributed by atoms with Crippen molar-refractivity contribution in [3.8, 4) is 0 Å². The zero-order valence-electron chi connectivity index (χ0n) is 39.1. The van der Waals surface area contributed by atoms with Crippen LogP contribution in [0.2, 0.25) is 0 Å². The van der Waals surface area contributed by atoms with Crippen molar-refractivity contribution in [1.29, 1.82) is 0 Å². The number of esters is 1. The number of hydrogen-bond donors (Lipinski definition) is 3. The molecule has 0 saturated heterocycles. The average molecular weight is 878 g/mol. The number of phosphoric acid groups is 1. The minimum Gasteiger partial charge on any atom is -0.463 e. The Balaban J connectivity index is 3.59. The summed E-state index contributed by atoms with van der Waals surface area (Å²) in [5.74, 6) is -0.527. The molecule has 0 aromatic rings. The molecule has 0 aromatic heterocycles. The number of phosphoric ester groups is 1. The first-order valence-corrected chi connectivity index (χ1v) is 26.3. The molecular weight excluding hydrogens is 786 g/mol. The van der Waals surface area contributed by atoms with Crippen LogP contribution in [0.15, 0.2) is 60.8 Å². The highest BCUT2D eigenvalue weighted by molar-refractivity contribution is 7.47. The fourth-order valence-corrected chi connectivity index (χ4v) is 7.41. The quantitative estimate of drug-likeness (QED) is 0.0238. The van der Waals surface area contributed by atoms with Gasteiger partial charge in [0.15, 0.2) is 0 Å². The summed E-state index contributed by atoms with van der Waals surface area (Å²) in [6.07, 6.45) is 57.2. The van der Waals surface area contributed by atoms with Gasteiger partial charge in [-0.2, -0.15) is 0 Å².